The maximum Gasteiger partial charge on any atom is 1.00 e. The summed E-state index contributed by atoms with van der Waals surface area (Å²) in [4.78, 5) is 49.5. The Balaban J connectivity index is -0.000000104. The second-order valence-corrected chi connectivity index (χ2v) is 3.98. The molecule has 0 saturated carbocycles. The van der Waals surface area contributed by atoms with Crippen LogP contribution in [0.3, 0.4) is 0 Å². The van der Waals surface area contributed by atoms with E-state index in [2.05, 4.69) is 0 Å². The second-order valence-electron chi connectivity index (χ2n) is 3.98. The summed E-state index contributed by atoms with van der Waals surface area (Å²) in [5.41, 5.74) is -2.97. The van der Waals surface area contributed by atoms with Gasteiger partial charge in [0.05, 0.1) is 5.97 Å². The Labute approximate surface area is 232 Å². The molecule has 0 fully saturated rings. The van der Waals surface area contributed by atoms with Crippen molar-refractivity contribution in [3.05, 3.63) is 0 Å². The van der Waals surface area contributed by atoms with Gasteiger partial charge in [-0.1, -0.05) is 0 Å². The number of rotatable bonds is 8. The molecule has 2 unspecified atom stereocenters. The van der Waals surface area contributed by atoms with Gasteiger partial charge in [-0.3, -0.25) is 0 Å². The van der Waals surface area contributed by atoms with E-state index in [9.17, 15) is 39.3 Å². The first-order chi connectivity index (χ1) is 10.2. The van der Waals surface area contributed by atoms with E-state index < -0.39 is 60.5 Å². The minimum Gasteiger partial charge on any atom is -0.550 e. The third-order valence-corrected chi connectivity index (χ3v) is 2.06. The number of aliphatic hydroxyl groups is 3. The van der Waals surface area contributed by atoms with Crippen molar-refractivity contribution in [2.24, 2.45) is 0 Å². The van der Waals surface area contributed by atoms with Gasteiger partial charge in [0.1, 0.15) is 5.60 Å². The average Bonchev–Trinajstić information content (AvgIpc) is 2.35. The number of aliphatic hydroxyl groups excluding tert-OH is 2. The molecule has 0 aliphatic heterocycles. The Hall–Kier alpha value is 0.866. The molecule has 0 aromatic rings. The fourth-order valence-corrected chi connectivity index (χ4v) is 0.955. The van der Waals surface area contributed by atoms with E-state index in [1.54, 1.807) is 0 Å². The van der Waals surface area contributed by atoms with Gasteiger partial charge in [0.25, 0.3) is 0 Å². The monoisotopic (exact) mass is 424 g/mol. The number of carbonyl (C=O) groups is 5. The van der Waals surface area contributed by atoms with Crippen LogP contribution in [0.5, 0.6) is 0 Å². The van der Waals surface area contributed by atoms with E-state index in [0.717, 1.165) is 0 Å². The van der Waals surface area contributed by atoms with Crippen molar-refractivity contribution in [2.45, 2.75) is 30.7 Å². The van der Waals surface area contributed by atoms with E-state index in [1.807, 2.05) is 0 Å². The predicted molar refractivity (Wildman–Crippen MR) is 56.5 cm³/mol. The van der Waals surface area contributed by atoms with Crippen LogP contribution < -0.4 is 126 Å². The average molecular weight is 424 g/mol. The van der Waals surface area contributed by atoms with Crippen molar-refractivity contribution in [1.29, 1.82) is 0 Å². The summed E-state index contributed by atoms with van der Waals surface area (Å²) in [6, 6.07) is 0. The zero-order valence-electron chi connectivity index (χ0n) is 14.1. The van der Waals surface area contributed by atoms with E-state index in [0.29, 0.717) is 0 Å². The standard InChI is InChI=1S/C6H8O7.C4H6O6.K.2Na/c7-3(8)1-6(13,5(11)12)2-4(9)10;5-1(3(7)8)2(6)4(9)10;;;/h13H,1-2H2,(H,7,8)(H,9,10)(H,11,12);1-2,5-6H,(H,7,8)(H,9,10);;;/q;;3*+1/p-3. The summed E-state index contributed by atoms with van der Waals surface area (Å²) >= 11 is 0. The van der Waals surface area contributed by atoms with Crippen LogP contribution in [0.15, 0.2) is 0 Å². The molecule has 13 nitrogen and oxygen atoms in total. The van der Waals surface area contributed by atoms with Crippen LogP contribution in [0.4, 0.5) is 0 Å². The van der Waals surface area contributed by atoms with Crippen molar-refractivity contribution in [1.82, 2.24) is 0 Å². The number of carboxylic acids is 5. The minimum atomic E-state index is -2.97. The normalized spacial score (nSPS) is 11.5. The van der Waals surface area contributed by atoms with Gasteiger partial charge in [-0.15, -0.1) is 0 Å². The van der Waals surface area contributed by atoms with Gasteiger partial charge in [0.2, 0.25) is 0 Å². The van der Waals surface area contributed by atoms with Crippen LogP contribution in [-0.2, 0) is 24.0 Å². The Morgan fingerprint density at radius 2 is 1.00 bits per heavy atom. The van der Waals surface area contributed by atoms with Crippen molar-refractivity contribution >= 4 is 29.8 Å². The first-order valence-electron chi connectivity index (χ1n) is 5.40. The zero-order chi connectivity index (χ0) is 19.0. The first-order valence-corrected chi connectivity index (χ1v) is 5.40. The van der Waals surface area contributed by atoms with Crippen LogP contribution in [0.2, 0.25) is 0 Å². The third-order valence-electron chi connectivity index (χ3n) is 2.06. The molecule has 0 bridgehead atoms. The van der Waals surface area contributed by atoms with Gasteiger partial charge in [0, 0.05) is 24.8 Å². The Morgan fingerprint density at radius 1 is 0.769 bits per heavy atom. The largest absolute Gasteiger partial charge is 1.00 e. The van der Waals surface area contributed by atoms with Crippen molar-refractivity contribution < 1.29 is 175 Å². The molecule has 0 radical (unpaired) electrons. The molecule has 0 aromatic carbocycles. The minimum absolute atomic E-state index is 0. The molecule has 0 amide bonds. The molecular formula is C10H11KNa2O13. The molecule has 0 spiro atoms. The molecule has 0 aromatic heterocycles. The van der Waals surface area contributed by atoms with Crippen LogP contribution in [-0.4, -0.2) is 73.2 Å². The Morgan fingerprint density at radius 3 is 1.12 bits per heavy atom. The van der Waals surface area contributed by atoms with Gasteiger partial charge < -0.3 is 55.2 Å². The summed E-state index contributed by atoms with van der Waals surface area (Å²) in [5.74, 6) is -9.52. The quantitative estimate of drug-likeness (QED) is 0.227. The molecule has 0 aliphatic carbocycles. The number of carboxylic acid groups (broad SMARTS) is 5. The van der Waals surface area contributed by atoms with Crippen molar-refractivity contribution in [3.63, 3.8) is 0 Å². The van der Waals surface area contributed by atoms with Gasteiger partial charge in [0.15, 0.2) is 12.2 Å². The summed E-state index contributed by atoms with van der Waals surface area (Å²) in [6.45, 7) is 0. The summed E-state index contributed by atoms with van der Waals surface area (Å²) in [6.07, 6.45) is -7.25. The van der Waals surface area contributed by atoms with Crippen molar-refractivity contribution in [2.75, 3.05) is 0 Å². The molecule has 0 heterocycles. The topological polar surface area (TPSA) is 256 Å². The smallest absolute Gasteiger partial charge is 0.550 e. The molecule has 16 heteroatoms. The molecule has 2 atom stereocenters. The molecule has 5 N–H and O–H groups in total. The van der Waals surface area contributed by atoms with E-state index >= 15 is 0 Å². The molecule has 0 rings (SSSR count). The maximum atomic E-state index is 10.1. The van der Waals surface area contributed by atoms with Crippen LogP contribution in [0, 0.1) is 0 Å². The SMILES string of the molecule is O=C(O)C(O)C(O)C(=O)O.O=C([O-])CC(O)(CC(=O)[O-])C(=O)[O-].[K+].[Na+].[Na+]. The molecule has 26 heavy (non-hydrogen) atoms. The second kappa shape index (κ2) is 17.9. The van der Waals surface area contributed by atoms with Crippen LogP contribution in [0.25, 0.3) is 0 Å². The van der Waals surface area contributed by atoms with Gasteiger partial charge in [-0.05, 0) is 0 Å². The fraction of sp³-hybridized carbons (Fsp3) is 0.500. The molecule has 132 valence electrons. The maximum absolute atomic E-state index is 10.1. The van der Waals surface area contributed by atoms with E-state index in [1.165, 1.54) is 0 Å². The molecule has 0 saturated heterocycles. The Bertz CT molecular complexity index is 463. The third kappa shape index (κ3) is 17.0. The number of hydrogen-bond acceptors (Lipinski definition) is 11. The molecular weight excluding hydrogens is 413 g/mol. The number of carbonyl (C=O) groups excluding carboxylic acids is 3. The van der Waals surface area contributed by atoms with Crippen LogP contribution in [0.1, 0.15) is 12.8 Å². The summed E-state index contributed by atoms with van der Waals surface area (Å²) in [5, 5.41) is 71.5. The fourth-order valence-electron chi connectivity index (χ4n) is 0.955. The zero-order valence-corrected chi connectivity index (χ0v) is 21.2. The summed E-state index contributed by atoms with van der Waals surface area (Å²) in [7, 11) is 0. The van der Waals surface area contributed by atoms with Crippen molar-refractivity contribution in [3.8, 4) is 0 Å². The van der Waals surface area contributed by atoms with Gasteiger partial charge >= 0.3 is 122 Å². The van der Waals surface area contributed by atoms with E-state index in [-0.39, 0.29) is 110 Å². The number of aliphatic carboxylic acids is 5. The van der Waals surface area contributed by atoms with Crippen LogP contribution >= 0.6 is 0 Å². The van der Waals surface area contributed by atoms with Gasteiger partial charge in [-0.2, -0.15) is 0 Å². The van der Waals surface area contributed by atoms with Gasteiger partial charge in [-0.25, -0.2) is 9.59 Å². The summed E-state index contributed by atoms with van der Waals surface area (Å²) < 4.78 is 0. The number of hydrogen-bond donors (Lipinski definition) is 5. The predicted octanol–water partition coefficient (Wildman–Crippen LogP) is -16.4. The van der Waals surface area contributed by atoms with E-state index in [4.69, 9.17) is 25.5 Å². The Kier molecular flexibility index (Phi) is 25.9. The molecule has 0 aliphatic rings. The first kappa shape index (κ1) is 37.6.